The number of para-hydroxylation sites is 2. The van der Waals surface area contributed by atoms with Crippen molar-refractivity contribution in [1.82, 2.24) is 4.98 Å². The van der Waals surface area contributed by atoms with Crippen LogP contribution in [0.4, 0.5) is 0 Å². The molecule has 0 aliphatic carbocycles. The number of carboxylic acids is 1. The zero-order valence-electron chi connectivity index (χ0n) is 10.9. The molecule has 1 heterocycles. The number of fused-ring (bicyclic) bond motifs is 1. The molecule has 4 nitrogen and oxygen atoms in total. The van der Waals surface area contributed by atoms with Crippen LogP contribution in [-0.4, -0.2) is 16.1 Å². The Balaban J connectivity index is 2.16. The molecule has 1 atom stereocenters. The van der Waals surface area contributed by atoms with Crippen molar-refractivity contribution in [3.8, 4) is 11.5 Å². The second-order valence-corrected chi connectivity index (χ2v) is 4.63. The third-order valence-electron chi connectivity index (χ3n) is 3.32. The first kappa shape index (κ1) is 12.4. The van der Waals surface area contributed by atoms with Gasteiger partial charge in [0.1, 0.15) is 5.52 Å². The van der Waals surface area contributed by atoms with E-state index >= 15 is 0 Å². The molecule has 4 heteroatoms. The number of aliphatic carboxylic acids is 1. The van der Waals surface area contributed by atoms with E-state index in [9.17, 15) is 9.90 Å². The first-order chi connectivity index (χ1) is 9.66. The summed E-state index contributed by atoms with van der Waals surface area (Å²) in [5.41, 5.74) is 2.88. The van der Waals surface area contributed by atoms with Crippen LogP contribution in [0.2, 0.25) is 0 Å². The fraction of sp³-hybridized carbons (Fsp3) is 0.125. The minimum Gasteiger partial charge on any atom is -0.481 e. The molecule has 3 aromatic rings. The Morgan fingerprint density at radius 1 is 1.15 bits per heavy atom. The Morgan fingerprint density at radius 3 is 2.60 bits per heavy atom. The highest BCUT2D eigenvalue weighted by Gasteiger charge is 2.20. The number of oxazole rings is 1. The zero-order chi connectivity index (χ0) is 14.1. The van der Waals surface area contributed by atoms with E-state index in [-0.39, 0.29) is 0 Å². The molecule has 1 aromatic heterocycles. The maximum atomic E-state index is 11.2. The Morgan fingerprint density at radius 2 is 1.85 bits per heavy atom. The Labute approximate surface area is 115 Å². The number of nitrogens with zero attached hydrogens (tertiary/aromatic N) is 1. The highest BCUT2D eigenvalue weighted by molar-refractivity contribution is 5.81. The average Bonchev–Trinajstić information content (AvgIpc) is 2.90. The monoisotopic (exact) mass is 267 g/mol. The van der Waals surface area contributed by atoms with Crippen molar-refractivity contribution >= 4 is 17.1 Å². The van der Waals surface area contributed by atoms with Crippen LogP contribution in [0.1, 0.15) is 18.4 Å². The molecule has 2 aromatic carbocycles. The van der Waals surface area contributed by atoms with Gasteiger partial charge < -0.3 is 9.52 Å². The molecular formula is C16H13NO3. The highest BCUT2D eigenvalue weighted by Crippen LogP contribution is 2.31. The molecule has 0 saturated carbocycles. The van der Waals surface area contributed by atoms with Gasteiger partial charge in [0.05, 0.1) is 5.92 Å². The van der Waals surface area contributed by atoms with Gasteiger partial charge in [-0.3, -0.25) is 4.79 Å². The lowest BCUT2D eigenvalue weighted by atomic mass is 9.96. The van der Waals surface area contributed by atoms with Crippen LogP contribution in [0.25, 0.3) is 22.6 Å². The second kappa shape index (κ2) is 4.81. The van der Waals surface area contributed by atoms with Crippen LogP contribution in [-0.2, 0) is 4.79 Å². The molecule has 0 fully saturated rings. The topological polar surface area (TPSA) is 63.3 Å². The van der Waals surface area contributed by atoms with Gasteiger partial charge in [-0.25, -0.2) is 4.98 Å². The lowest BCUT2D eigenvalue weighted by Gasteiger charge is -2.10. The van der Waals surface area contributed by atoms with E-state index in [0.29, 0.717) is 17.0 Å². The molecule has 0 amide bonds. The number of rotatable bonds is 3. The predicted octanol–water partition coefficient (Wildman–Crippen LogP) is 3.68. The third kappa shape index (κ3) is 2.05. The molecule has 0 spiro atoms. The van der Waals surface area contributed by atoms with Crippen molar-refractivity contribution in [3.05, 3.63) is 54.1 Å². The minimum atomic E-state index is -0.867. The summed E-state index contributed by atoms with van der Waals surface area (Å²) in [6.07, 6.45) is 0. The number of benzene rings is 2. The number of carboxylic acid groups (broad SMARTS) is 1. The van der Waals surface area contributed by atoms with Crippen molar-refractivity contribution in [2.75, 3.05) is 0 Å². The molecule has 0 aliphatic rings. The van der Waals surface area contributed by atoms with Gasteiger partial charge in [-0.05, 0) is 30.7 Å². The molecule has 3 rings (SSSR count). The molecule has 20 heavy (non-hydrogen) atoms. The number of aromatic nitrogens is 1. The Hall–Kier alpha value is -2.62. The van der Waals surface area contributed by atoms with Gasteiger partial charge in [-0.15, -0.1) is 0 Å². The van der Waals surface area contributed by atoms with Crippen molar-refractivity contribution in [2.24, 2.45) is 0 Å². The SMILES string of the molecule is CC(C(=O)O)c1ccccc1-c1nc2ccccc2o1. The van der Waals surface area contributed by atoms with Crippen LogP contribution >= 0.6 is 0 Å². The normalized spacial score (nSPS) is 12.4. The van der Waals surface area contributed by atoms with Gasteiger partial charge in [-0.1, -0.05) is 30.3 Å². The lowest BCUT2D eigenvalue weighted by molar-refractivity contribution is -0.138. The molecule has 0 bridgehead atoms. The maximum Gasteiger partial charge on any atom is 0.310 e. The predicted molar refractivity (Wildman–Crippen MR) is 75.5 cm³/mol. The molecule has 100 valence electrons. The van der Waals surface area contributed by atoms with Gasteiger partial charge >= 0.3 is 5.97 Å². The standard InChI is InChI=1S/C16H13NO3/c1-10(16(18)19)11-6-2-3-7-12(11)15-17-13-8-4-5-9-14(13)20-15/h2-10H,1H3,(H,18,19). The van der Waals surface area contributed by atoms with Crippen LogP contribution in [0.15, 0.2) is 52.9 Å². The van der Waals surface area contributed by atoms with E-state index in [1.165, 1.54) is 0 Å². The summed E-state index contributed by atoms with van der Waals surface area (Å²) in [6, 6.07) is 14.8. The van der Waals surface area contributed by atoms with Gasteiger partial charge in [-0.2, -0.15) is 0 Å². The third-order valence-corrected chi connectivity index (χ3v) is 3.32. The fourth-order valence-electron chi connectivity index (χ4n) is 2.19. The summed E-state index contributed by atoms with van der Waals surface area (Å²) in [6.45, 7) is 1.66. The smallest absolute Gasteiger partial charge is 0.310 e. The fourth-order valence-corrected chi connectivity index (χ4v) is 2.19. The van der Waals surface area contributed by atoms with Gasteiger partial charge in [0.15, 0.2) is 5.58 Å². The first-order valence-corrected chi connectivity index (χ1v) is 6.34. The molecule has 0 radical (unpaired) electrons. The van der Waals surface area contributed by atoms with Gasteiger partial charge in [0, 0.05) is 5.56 Å². The molecular weight excluding hydrogens is 254 g/mol. The van der Waals surface area contributed by atoms with Crippen LogP contribution in [0.3, 0.4) is 0 Å². The average molecular weight is 267 g/mol. The van der Waals surface area contributed by atoms with Crippen LogP contribution < -0.4 is 0 Å². The van der Waals surface area contributed by atoms with Crippen molar-refractivity contribution < 1.29 is 14.3 Å². The molecule has 0 saturated heterocycles. The van der Waals surface area contributed by atoms with Gasteiger partial charge in [0.25, 0.3) is 0 Å². The summed E-state index contributed by atoms with van der Waals surface area (Å²) in [4.78, 5) is 15.6. The van der Waals surface area contributed by atoms with E-state index in [0.717, 1.165) is 11.1 Å². The zero-order valence-corrected chi connectivity index (χ0v) is 10.9. The first-order valence-electron chi connectivity index (χ1n) is 6.34. The van der Waals surface area contributed by atoms with Crippen molar-refractivity contribution in [2.45, 2.75) is 12.8 Å². The largest absolute Gasteiger partial charge is 0.481 e. The number of carbonyl (C=O) groups is 1. The van der Waals surface area contributed by atoms with E-state index in [4.69, 9.17) is 4.42 Å². The highest BCUT2D eigenvalue weighted by atomic mass is 16.4. The molecule has 0 aliphatic heterocycles. The summed E-state index contributed by atoms with van der Waals surface area (Å²) < 4.78 is 5.72. The summed E-state index contributed by atoms with van der Waals surface area (Å²) in [7, 11) is 0. The number of hydrogen-bond donors (Lipinski definition) is 1. The van der Waals surface area contributed by atoms with Gasteiger partial charge in [0.2, 0.25) is 5.89 Å². The van der Waals surface area contributed by atoms with Crippen molar-refractivity contribution in [3.63, 3.8) is 0 Å². The van der Waals surface area contributed by atoms with E-state index < -0.39 is 11.9 Å². The maximum absolute atomic E-state index is 11.2. The number of hydrogen-bond acceptors (Lipinski definition) is 3. The van der Waals surface area contributed by atoms with Crippen LogP contribution in [0, 0.1) is 0 Å². The molecule has 1 N–H and O–H groups in total. The van der Waals surface area contributed by atoms with Crippen LogP contribution in [0.5, 0.6) is 0 Å². The Kier molecular flexibility index (Phi) is 2.99. The summed E-state index contributed by atoms with van der Waals surface area (Å²) in [5.74, 6) is -1.02. The van der Waals surface area contributed by atoms with E-state index in [2.05, 4.69) is 4.98 Å². The summed E-state index contributed by atoms with van der Waals surface area (Å²) in [5, 5.41) is 9.20. The van der Waals surface area contributed by atoms with E-state index in [1.54, 1.807) is 13.0 Å². The Bertz CT molecular complexity index is 743. The summed E-state index contributed by atoms with van der Waals surface area (Å²) >= 11 is 0. The van der Waals surface area contributed by atoms with E-state index in [1.807, 2.05) is 42.5 Å². The minimum absolute atomic E-state index is 0.454. The second-order valence-electron chi connectivity index (χ2n) is 4.63. The lowest BCUT2D eigenvalue weighted by Crippen LogP contribution is -2.08. The molecule has 1 unspecified atom stereocenters. The van der Waals surface area contributed by atoms with Crippen molar-refractivity contribution in [1.29, 1.82) is 0 Å². The quantitative estimate of drug-likeness (QED) is 0.786.